The minimum absolute atomic E-state index is 0.628. The summed E-state index contributed by atoms with van der Waals surface area (Å²) < 4.78 is 0. The minimum atomic E-state index is 0.628. The molecule has 0 saturated carbocycles. The van der Waals surface area contributed by atoms with E-state index in [2.05, 4.69) is 22.9 Å². The van der Waals surface area contributed by atoms with Crippen LogP contribution in [0.4, 0.5) is 11.5 Å². The molecule has 0 radical (unpaired) electrons. The number of aryl methyl sites for hydroxylation is 1. The lowest BCUT2D eigenvalue weighted by atomic mass is 10.0. The maximum Gasteiger partial charge on any atom is 0.126 e. The molecule has 0 aromatic carbocycles. The quantitative estimate of drug-likeness (QED) is 0.765. The second-order valence-corrected chi connectivity index (χ2v) is 4.43. The van der Waals surface area contributed by atoms with Crippen molar-refractivity contribution in [2.75, 3.05) is 17.2 Å². The molecular formula is C12H19N3. The second kappa shape index (κ2) is 4.09. The third-order valence-corrected chi connectivity index (χ3v) is 3.24. The van der Waals surface area contributed by atoms with Crippen LogP contribution in [0.2, 0.25) is 0 Å². The smallest absolute Gasteiger partial charge is 0.126 e. The molecule has 3 nitrogen and oxygen atoms in total. The van der Waals surface area contributed by atoms with Crippen molar-refractivity contribution in [3.8, 4) is 0 Å². The van der Waals surface area contributed by atoms with Crippen molar-refractivity contribution in [2.45, 2.75) is 39.2 Å². The molecule has 1 unspecified atom stereocenters. The number of hydrogen-bond acceptors (Lipinski definition) is 3. The summed E-state index contributed by atoms with van der Waals surface area (Å²) >= 11 is 0. The van der Waals surface area contributed by atoms with E-state index in [1.54, 1.807) is 0 Å². The Morgan fingerprint density at radius 1 is 1.47 bits per heavy atom. The van der Waals surface area contributed by atoms with Crippen molar-refractivity contribution < 1.29 is 0 Å². The molecule has 2 heterocycles. The summed E-state index contributed by atoms with van der Waals surface area (Å²) in [4.78, 5) is 6.66. The molecule has 0 aliphatic carbocycles. The highest BCUT2D eigenvalue weighted by Gasteiger charge is 2.18. The number of aromatic nitrogens is 1. The summed E-state index contributed by atoms with van der Waals surface area (Å²) in [5.74, 6) is 0.642. The van der Waals surface area contributed by atoms with Gasteiger partial charge in [-0.05, 0) is 44.7 Å². The fourth-order valence-corrected chi connectivity index (χ4v) is 2.21. The molecule has 1 aromatic rings. The third kappa shape index (κ3) is 2.06. The molecule has 15 heavy (non-hydrogen) atoms. The Morgan fingerprint density at radius 2 is 2.27 bits per heavy atom. The van der Waals surface area contributed by atoms with E-state index in [0.29, 0.717) is 11.9 Å². The molecule has 2 rings (SSSR count). The monoisotopic (exact) mass is 205 g/mol. The maximum atomic E-state index is 5.72. The van der Waals surface area contributed by atoms with Crippen LogP contribution in [-0.4, -0.2) is 17.6 Å². The van der Waals surface area contributed by atoms with Crippen molar-refractivity contribution in [3.63, 3.8) is 0 Å². The lowest BCUT2D eigenvalue weighted by molar-refractivity contribution is 0.484. The number of rotatable bonds is 1. The molecule has 82 valence electrons. The van der Waals surface area contributed by atoms with Crippen molar-refractivity contribution in [3.05, 3.63) is 17.8 Å². The first-order valence-electron chi connectivity index (χ1n) is 5.67. The Bertz CT molecular complexity index is 349. The van der Waals surface area contributed by atoms with Crippen molar-refractivity contribution in [2.24, 2.45) is 0 Å². The van der Waals surface area contributed by atoms with Gasteiger partial charge in [-0.3, -0.25) is 0 Å². The predicted octanol–water partition coefficient (Wildman–Crippen LogP) is 2.35. The lowest BCUT2D eigenvalue weighted by Gasteiger charge is -2.35. The lowest BCUT2D eigenvalue weighted by Crippen LogP contribution is -2.37. The highest BCUT2D eigenvalue weighted by atomic mass is 15.2. The van der Waals surface area contributed by atoms with Crippen molar-refractivity contribution in [1.82, 2.24) is 4.98 Å². The molecule has 3 heteroatoms. The Kier molecular flexibility index (Phi) is 2.80. The zero-order valence-corrected chi connectivity index (χ0v) is 9.53. The molecule has 0 spiro atoms. The first kappa shape index (κ1) is 10.3. The molecular weight excluding hydrogens is 186 g/mol. The van der Waals surface area contributed by atoms with Gasteiger partial charge in [0.15, 0.2) is 0 Å². The summed E-state index contributed by atoms with van der Waals surface area (Å²) in [6, 6.07) is 2.77. The Labute approximate surface area is 91.3 Å². The van der Waals surface area contributed by atoms with Gasteiger partial charge in [0.25, 0.3) is 0 Å². The van der Waals surface area contributed by atoms with E-state index in [-0.39, 0.29) is 0 Å². The van der Waals surface area contributed by atoms with Crippen LogP contribution < -0.4 is 10.6 Å². The SMILES string of the molecule is Cc1cc(N2CCCCC2C)cnc1N. The first-order chi connectivity index (χ1) is 7.18. The number of nitrogen functional groups attached to an aromatic ring is 1. The third-order valence-electron chi connectivity index (χ3n) is 3.24. The van der Waals surface area contributed by atoms with Gasteiger partial charge in [-0.2, -0.15) is 0 Å². The maximum absolute atomic E-state index is 5.72. The van der Waals surface area contributed by atoms with Crippen molar-refractivity contribution in [1.29, 1.82) is 0 Å². The summed E-state index contributed by atoms with van der Waals surface area (Å²) in [5.41, 5.74) is 8.01. The molecule has 1 aromatic heterocycles. The van der Waals surface area contributed by atoms with Gasteiger partial charge in [0.1, 0.15) is 5.82 Å². The topological polar surface area (TPSA) is 42.2 Å². The van der Waals surface area contributed by atoms with E-state index in [4.69, 9.17) is 5.73 Å². The van der Waals surface area contributed by atoms with E-state index in [1.165, 1.54) is 24.9 Å². The van der Waals surface area contributed by atoms with Gasteiger partial charge in [-0.1, -0.05) is 0 Å². The fraction of sp³-hybridized carbons (Fsp3) is 0.583. The largest absolute Gasteiger partial charge is 0.383 e. The molecule has 1 saturated heterocycles. The molecule has 1 fully saturated rings. The molecule has 0 bridgehead atoms. The zero-order valence-electron chi connectivity index (χ0n) is 9.53. The summed E-state index contributed by atoms with van der Waals surface area (Å²) in [6.07, 6.45) is 5.81. The van der Waals surface area contributed by atoms with E-state index < -0.39 is 0 Å². The first-order valence-corrected chi connectivity index (χ1v) is 5.67. The van der Waals surface area contributed by atoms with E-state index in [9.17, 15) is 0 Å². The fourth-order valence-electron chi connectivity index (χ4n) is 2.21. The highest BCUT2D eigenvalue weighted by molar-refractivity contribution is 5.53. The van der Waals surface area contributed by atoms with Gasteiger partial charge in [-0.15, -0.1) is 0 Å². The van der Waals surface area contributed by atoms with Gasteiger partial charge in [-0.25, -0.2) is 4.98 Å². The van der Waals surface area contributed by atoms with Gasteiger partial charge in [0, 0.05) is 12.6 Å². The van der Waals surface area contributed by atoms with Crippen LogP contribution in [0, 0.1) is 6.92 Å². The van der Waals surface area contributed by atoms with Gasteiger partial charge < -0.3 is 10.6 Å². The van der Waals surface area contributed by atoms with E-state index in [0.717, 1.165) is 12.1 Å². The van der Waals surface area contributed by atoms with E-state index in [1.807, 2.05) is 13.1 Å². The van der Waals surface area contributed by atoms with Crippen LogP contribution >= 0.6 is 0 Å². The Balaban J connectivity index is 2.24. The Morgan fingerprint density at radius 3 is 2.93 bits per heavy atom. The molecule has 1 aliphatic rings. The van der Waals surface area contributed by atoms with Crippen LogP contribution in [0.5, 0.6) is 0 Å². The number of pyridine rings is 1. The van der Waals surface area contributed by atoms with Gasteiger partial charge in [0.05, 0.1) is 11.9 Å². The number of nitrogens with zero attached hydrogens (tertiary/aromatic N) is 2. The van der Waals surface area contributed by atoms with Crippen LogP contribution in [0.25, 0.3) is 0 Å². The number of nitrogens with two attached hydrogens (primary N) is 1. The Hall–Kier alpha value is -1.25. The molecule has 2 N–H and O–H groups in total. The number of anilines is 2. The molecule has 0 amide bonds. The average molecular weight is 205 g/mol. The van der Waals surface area contributed by atoms with Crippen LogP contribution in [-0.2, 0) is 0 Å². The number of piperidine rings is 1. The van der Waals surface area contributed by atoms with E-state index >= 15 is 0 Å². The van der Waals surface area contributed by atoms with Crippen LogP contribution in [0.1, 0.15) is 31.7 Å². The average Bonchev–Trinajstić information content (AvgIpc) is 2.23. The highest BCUT2D eigenvalue weighted by Crippen LogP contribution is 2.25. The standard InChI is InChI=1S/C12H19N3/c1-9-7-11(8-14-12(9)13)15-6-4-3-5-10(15)2/h7-8,10H,3-6H2,1-2H3,(H2,13,14). The van der Waals surface area contributed by atoms with Gasteiger partial charge in [0.2, 0.25) is 0 Å². The summed E-state index contributed by atoms with van der Waals surface area (Å²) in [5, 5.41) is 0. The predicted molar refractivity (Wildman–Crippen MR) is 64.0 cm³/mol. The zero-order chi connectivity index (χ0) is 10.8. The second-order valence-electron chi connectivity index (χ2n) is 4.43. The van der Waals surface area contributed by atoms with Gasteiger partial charge >= 0.3 is 0 Å². The normalized spacial score (nSPS) is 21.7. The van der Waals surface area contributed by atoms with Crippen LogP contribution in [0.3, 0.4) is 0 Å². The number of hydrogen-bond donors (Lipinski definition) is 1. The summed E-state index contributed by atoms with van der Waals surface area (Å²) in [6.45, 7) is 5.44. The minimum Gasteiger partial charge on any atom is -0.383 e. The van der Waals surface area contributed by atoms with Crippen molar-refractivity contribution >= 4 is 11.5 Å². The molecule has 1 atom stereocenters. The molecule has 1 aliphatic heterocycles. The van der Waals surface area contributed by atoms with Crippen LogP contribution in [0.15, 0.2) is 12.3 Å². The summed E-state index contributed by atoms with van der Waals surface area (Å²) in [7, 11) is 0.